The fourth-order valence-electron chi connectivity index (χ4n) is 1.60. The number of nitrogens with one attached hydrogen (secondary N) is 2. The predicted molar refractivity (Wildman–Crippen MR) is 44.4 cm³/mol. The van der Waals surface area contributed by atoms with E-state index in [1.54, 1.807) is 7.05 Å². The van der Waals surface area contributed by atoms with Gasteiger partial charge in [0.15, 0.2) is 0 Å². The van der Waals surface area contributed by atoms with Gasteiger partial charge in [0.25, 0.3) is 0 Å². The summed E-state index contributed by atoms with van der Waals surface area (Å²) in [6.45, 7) is 2.23. The Kier molecular flexibility index (Phi) is 2.74. The fraction of sp³-hybridized carbons (Fsp3) is 0.875. The van der Waals surface area contributed by atoms with Crippen LogP contribution in [0.15, 0.2) is 0 Å². The normalized spacial score (nSPS) is 30.0. The van der Waals surface area contributed by atoms with Crippen LogP contribution >= 0.6 is 0 Å². The number of carbonyl (C=O) groups is 1. The molecule has 1 rings (SSSR count). The zero-order valence-electron chi connectivity index (χ0n) is 7.18. The Bertz CT molecular complexity index is 147. The Hall–Kier alpha value is -0.730. The molecule has 0 aromatic rings. The molecule has 0 spiro atoms. The van der Waals surface area contributed by atoms with E-state index in [1.165, 1.54) is 6.42 Å². The van der Waals surface area contributed by atoms with Crippen LogP contribution in [-0.4, -0.2) is 19.1 Å². The summed E-state index contributed by atoms with van der Waals surface area (Å²) in [4.78, 5) is 10.9. The van der Waals surface area contributed by atoms with E-state index in [9.17, 15) is 4.79 Å². The van der Waals surface area contributed by atoms with Crippen molar-refractivity contribution in [2.75, 3.05) is 7.05 Å². The third-order valence-corrected chi connectivity index (χ3v) is 2.26. The van der Waals surface area contributed by atoms with Crippen molar-refractivity contribution >= 4 is 6.03 Å². The first-order valence-electron chi connectivity index (χ1n) is 4.20. The number of carbonyl (C=O) groups excluding carboxylic acids is 1. The molecule has 0 aromatic carbocycles. The Morgan fingerprint density at radius 1 is 1.45 bits per heavy atom. The topological polar surface area (TPSA) is 41.1 Å². The van der Waals surface area contributed by atoms with Gasteiger partial charge in [0.2, 0.25) is 0 Å². The lowest BCUT2D eigenvalue weighted by molar-refractivity contribution is 0.239. The molecule has 2 N–H and O–H groups in total. The average molecular weight is 156 g/mol. The fourth-order valence-corrected chi connectivity index (χ4v) is 1.60. The maximum absolute atomic E-state index is 10.9. The van der Waals surface area contributed by atoms with Crippen LogP contribution in [0.4, 0.5) is 4.79 Å². The molecule has 3 heteroatoms. The monoisotopic (exact) mass is 156 g/mol. The number of hydrogen-bond acceptors (Lipinski definition) is 1. The molecule has 11 heavy (non-hydrogen) atoms. The number of amides is 2. The molecule has 1 saturated carbocycles. The molecule has 2 unspecified atom stereocenters. The van der Waals surface area contributed by atoms with Gasteiger partial charge >= 0.3 is 6.03 Å². The van der Waals surface area contributed by atoms with Gasteiger partial charge in [0, 0.05) is 13.1 Å². The van der Waals surface area contributed by atoms with Crippen LogP contribution in [0.3, 0.4) is 0 Å². The molecular formula is C8H16N2O. The van der Waals surface area contributed by atoms with Gasteiger partial charge in [-0.1, -0.05) is 6.92 Å². The van der Waals surface area contributed by atoms with E-state index in [2.05, 4.69) is 17.6 Å². The van der Waals surface area contributed by atoms with Crippen LogP contribution in [0.2, 0.25) is 0 Å². The predicted octanol–water partition coefficient (Wildman–Crippen LogP) is 1.10. The smallest absolute Gasteiger partial charge is 0.314 e. The SMILES string of the molecule is CNC(=O)NC1CCC(C)C1. The summed E-state index contributed by atoms with van der Waals surface area (Å²) < 4.78 is 0. The quantitative estimate of drug-likeness (QED) is 0.586. The molecule has 1 aliphatic rings. The van der Waals surface area contributed by atoms with Gasteiger partial charge in [-0.3, -0.25) is 0 Å². The van der Waals surface area contributed by atoms with Crippen molar-refractivity contribution < 1.29 is 4.79 Å². The summed E-state index contributed by atoms with van der Waals surface area (Å²) in [5.41, 5.74) is 0. The Morgan fingerprint density at radius 3 is 2.64 bits per heavy atom. The molecule has 0 aromatic heterocycles. The lowest BCUT2D eigenvalue weighted by atomic mass is 10.1. The van der Waals surface area contributed by atoms with Gasteiger partial charge in [0.1, 0.15) is 0 Å². The molecule has 0 radical (unpaired) electrons. The van der Waals surface area contributed by atoms with E-state index in [0.29, 0.717) is 6.04 Å². The summed E-state index contributed by atoms with van der Waals surface area (Å²) in [7, 11) is 1.65. The van der Waals surface area contributed by atoms with E-state index >= 15 is 0 Å². The summed E-state index contributed by atoms with van der Waals surface area (Å²) >= 11 is 0. The standard InChI is InChI=1S/C8H16N2O/c1-6-3-4-7(5-6)10-8(11)9-2/h6-7H,3-5H2,1-2H3,(H2,9,10,11). The molecule has 1 aliphatic carbocycles. The molecular weight excluding hydrogens is 140 g/mol. The van der Waals surface area contributed by atoms with E-state index in [-0.39, 0.29) is 6.03 Å². The van der Waals surface area contributed by atoms with Gasteiger partial charge in [-0.25, -0.2) is 4.79 Å². The number of urea groups is 1. The van der Waals surface area contributed by atoms with E-state index in [4.69, 9.17) is 0 Å². The van der Waals surface area contributed by atoms with Crippen molar-refractivity contribution in [3.8, 4) is 0 Å². The largest absolute Gasteiger partial charge is 0.341 e. The van der Waals surface area contributed by atoms with Crippen LogP contribution in [0, 0.1) is 5.92 Å². The summed E-state index contributed by atoms with van der Waals surface area (Å²) in [6, 6.07) is 0.356. The minimum Gasteiger partial charge on any atom is -0.341 e. The van der Waals surface area contributed by atoms with E-state index < -0.39 is 0 Å². The molecule has 3 nitrogen and oxygen atoms in total. The van der Waals surface area contributed by atoms with Crippen molar-refractivity contribution in [1.82, 2.24) is 10.6 Å². The third-order valence-electron chi connectivity index (χ3n) is 2.26. The Balaban J connectivity index is 2.23. The second-order valence-electron chi connectivity index (χ2n) is 3.34. The van der Waals surface area contributed by atoms with Crippen LogP contribution < -0.4 is 10.6 Å². The van der Waals surface area contributed by atoms with Crippen LogP contribution in [0.25, 0.3) is 0 Å². The first-order valence-corrected chi connectivity index (χ1v) is 4.20. The Morgan fingerprint density at radius 2 is 2.18 bits per heavy atom. The maximum atomic E-state index is 10.9. The minimum absolute atomic E-state index is 0.0518. The van der Waals surface area contributed by atoms with Crippen LogP contribution in [-0.2, 0) is 0 Å². The van der Waals surface area contributed by atoms with Crippen molar-refractivity contribution in [1.29, 1.82) is 0 Å². The molecule has 0 heterocycles. The van der Waals surface area contributed by atoms with Crippen LogP contribution in [0.1, 0.15) is 26.2 Å². The van der Waals surface area contributed by atoms with Crippen molar-refractivity contribution in [3.63, 3.8) is 0 Å². The lowest BCUT2D eigenvalue weighted by Gasteiger charge is -2.10. The molecule has 2 atom stereocenters. The second kappa shape index (κ2) is 3.60. The highest BCUT2D eigenvalue weighted by Crippen LogP contribution is 2.24. The molecule has 0 saturated heterocycles. The van der Waals surface area contributed by atoms with Gasteiger partial charge in [-0.05, 0) is 25.2 Å². The second-order valence-corrected chi connectivity index (χ2v) is 3.34. The van der Waals surface area contributed by atoms with Crippen LogP contribution in [0.5, 0.6) is 0 Å². The number of hydrogen-bond donors (Lipinski definition) is 2. The first-order chi connectivity index (χ1) is 5.22. The number of rotatable bonds is 1. The van der Waals surface area contributed by atoms with Gasteiger partial charge < -0.3 is 10.6 Å². The van der Waals surface area contributed by atoms with Gasteiger partial charge in [-0.2, -0.15) is 0 Å². The highest BCUT2D eigenvalue weighted by molar-refractivity contribution is 5.73. The molecule has 2 amide bonds. The van der Waals surface area contributed by atoms with Crippen molar-refractivity contribution in [3.05, 3.63) is 0 Å². The highest BCUT2D eigenvalue weighted by Gasteiger charge is 2.21. The summed E-state index contributed by atoms with van der Waals surface area (Å²) in [6.07, 6.45) is 3.51. The van der Waals surface area contributed by atoms with E-state index in [1.807, 2.05) is 0 Å². The van der Waals surface area contributed by atoms with E-state index in [0.717, 1.165) is 18.8 Å². The zero-order valence-corrected chi connectivity index (χ0v) is 7.18. The summed E-state index contributed by atoms with van der Waals surface area (Å²) in [5.74, 6) is 0.775. The van der Waals surface area contributed by atoms with Gasteiger partial charge in [0.05, 0.1) is 0 Å². The summed E-state index contributed by atoms with van der Waals surface area (Å²) in [5, 5.41) is 5.47. The Labute approximate surface area is 67.5 Å². The average Bonchev–Trinajstić information content (AvgIpc) is 2.35. The third kappa shape index (κ3) is 2.41. The molecule has 0 aliphatic heterocycles. The maximum Gasteiger partial charge on any atom is 0.314 e. The van der Waals surface area contributed by atoms with Crippen molar-refractivity contribution in [2.24, 2.45) is 5.92 Å². The zero-order chi connectivity index (χ0) is 8.27. The highest BCUT2D eigenvalue weighted by atomic mass is 16.2. The molecule has 1 fully saturated rings. The minimum atomic E-state index is -0.0518. The first kappa shape index (κ1) is 8.37. The molecule has 0 bridgehead atoms. The van der Waals surface area contributed by atoms with Gasteiger partial charge in [-0.15, -0.1) is 0 Å². The lowest BCUT2D eigenvalue weighted by Crippen LogP contribution is -2.39. The molecule has 64 valence electrons. The van der Waals surface area contributed by atoms with Crippen molar-refractivity contribution in [2.45, 2.75) is 32.2 Å².